The second kappa shape index (κ2) is 8.44. The average Bonchev–Trinajstić information content (AvgIpc) is 3.05. The van der Waals surface area contributed by atoms with Crippen molar-refractivity contribution in [2.75, 3.05) is 6.61 Å². The number of nitrogens with zero attached hydrogens (tertiary/aromatic N) is 1. The SMILES string of the molecule is Cc1cn([C@H]2C[C@H](OC(=O)c3ccccc3)[C@@H](COP(=O)(O)O)O2)c(=O)[nH]c1=O. The Morgan fingerprint density at radius 3 is 2.66 bits per heavy atom. The lowest BCUT2D eigenvalue weighted by molar-refractivity contribution is -0.0512. The number of rotatable bonds is 6. The van der Waals surface area contributed by atoms with Gasteiger partial charge >= 0.3 is 19.5 Å². The Morgan fingerprint density at radius 1 is 1.31 bits per heavy atom. The van der Waals surface area contributed by atoms with Crippen molar-refractivity contribution >= 4 is 13.8 Å². The van der Waals surface area contributed by atoms with Gasteiger partial charge in [0.05, 0.1) is 12.2 Å². The molecule has 0 bridgehead atoms. The normalized spacial score (nSPS) is 21.8. The number of carbonyl (C=O) groups excluding carboxylic acids is 1. The van der Waals surface area contributed by atoms with Crippen LogP contribution < -0.4 is 11.2 Å². The Kier molecular flexibility index (Phi) is 6.15. The first-order valence-electron chi connectivity index (χ1n) is 8.57. The maximum atomic E-state index is 12.4. The van der Waals surface area contributed by atoms with Crippen LogP contribution in [0, 0.1) is 6.92 Å². The summed E-state index contributed by atoms with van der Waals surface area (Å²) in [7, 11) is -4.79. The summed E-state index contributed by atoms with van der Waals surface area (Å²) < 4.78 is 27.8. The fraction of sp³-hybridized carbons (Fsp3) is 0.353. The van der Waals surface area contributed by atoms with Crippen LogP contribution in [0.4, 0.5) is 0 Å². The number of H-pyrrole nitrogens is 1. The van der Waals surface area contributed by atoms with E-state index in [-0.39, 0.29) is 17.5 Å². The lowest BCUT2D eigenvalue weighted by atomic mass is 10.1. The Bertz CT molecular complexity index is 1040. The number of ether oxygens (including phenoxy) is 2. The third kappa shape index (κ3) is 5.28. The van der Waals surface area contributed by atoms with Gasteiger partial charge in [-0.05, 0) is 19.1 Å². The number of phosphoric acid groups is 1. The van der Waals surface area contributed by atoms with Crippen molar-refractivity contribution < 1.29 is 33.1 Å². The predicted octanol–water partition coefficient (Wildman–Crippen LogP) is 0.467. The van der Waals surface area contributed by atoms with E-state index >= 15 is 0 Å². The standard InChI is InChI=1S/C17H19N2O9P/c1-10-8-19(17(22)18-15(10)20)14-7-12(13(27-14)9-26-29(23,24)25)28-16(21)11-5-3-2-4-6-11/h2-6,8,12-14H,7,9H2,1H3,(H,18,20,22)(H2,23,24,25)/t12-,13+,14+/m0/s1. The molecule has 12 heteroatoms. The molecule has 1 aromatic carbocycles. The number of aryl methyl sites for hydroxylation is 1. The van der Waals surface area contributed by atoms with Crippen LogP contribution in [0.2, 0.25) is 0 Å². The van der Waals surface area contributed by atoms with Crippen molar-refractivity contribution in [1.29, 1.82) is 0 Å². The largest absolute Gasteiger partial charge is 0.469 e. The molecule has 1 saturated heterocycles. The van der Waals surface area contributed by atoms with Gasteiger partial charge in [-0.1, -0.05) is 18.2 Å². The van der Waals surface area contributed by atoms with Crippen molar-refractivity contribution in [2.24, 2.45) is 0 Å². The van der Waals surface area contributed by atoms with E-state index in [2.05, 4.69) is 9.51 Å². The summed E-state index contributed by atoms with van der Waals surface area (Å²) in [6.07, 6.45) is -1.61. The number of hydrogen-bond acceptors (Lipinski definition) is 7. The molecule has 2 heterocycles. The molecule has 1 fully saturated rings. The number of benzene rings is 1. The molecule has 0 spiro atoms. The highest BCUT2D eigenvalue weighted by Crippen LogP contribution is 2.38. The molecule has 1 aliphatic rings. The monoisotopic (exact) mass is 426 g/mol. The third-order valence-corrected chi connectivity index (χ3v) is 4.80. The Morgan fingerprint density at radius 2 is 2.00 bits per heavy atom. The molecule has 1 aliphatic heterocycles. The number of aromatic nitrogens is 2. The summed E-state index contributed by atoms with van der Waals surface area (Å²) in [4.78, 5) is 56.1. The van der Waals surface area contributed by atoms with E-state index < -0.39 is 50.1 Å². The lowest BCUT2D eigenvalue weighted by Gasteiger charge is -2.19. The van der Waals surface area contributed by atoms with Crippen LogP contribution in [-0.4, -0.2) is 44.1 Å². The smallest absolute Gasteiger partial charge is 0.456 e. The van der Waals surface area contributed by atoms with Crippen LogP contribution in [0.3, 0.4) is 0 Å². The molecule has 156 valence electrons. The first kappa shape index (κ1) is 21.2. The second-order valence-electron chi connectivity index (χ2n) is 6.44. The van der Waals surface area contributed by atoms with E-state index in [0.29, 0.717) is 0 Å². The van der Waals surface area contributed by atoms with Gasteiger partial charge in [0.15, 0.2) is 0 Å². The highest BCUT2D eigenvalue weighted by atomic mass is 31.2. The Labute approximate surface area is 164 Å². The summed E-state index contributed by atoms with van der Waals surface area (Å²) in [6, 6.07) is 8.13. The molecular formula is C17H19N2O9P. The van der Waals surface area contributed by atoms with Gasteiger partial charge in [0.2, 0.25) is 0 Å². The maximum Gasteiger partial charge on any atom is 0.469 e. The van der Waals surface area contributed by atoms with Gasteiger partial charge in [0.25, 0.3) is 5.56 Å². The maximum absolute atomic E-state index is 12.4. The lowest BCUT2D eigenvalue weighted by Crippen LogP contribution is -2.33. The van der Waals surface area contributed by atoms with Gasteiger partial charge in [-0.15, -0.1) is 0 Å². The number of carbonyl (C=O) groups is 1. The summed E-state index contributed by atoms with van der Waals surface area (Å²) in [5.41, 5.74) is -0.725. The predicted molar refractivity (Wildman–Crippen MR) is 98.2 cm³/mol. The molecule has 0 radical (unpaired) electrons. The highest BCUT2D eigenvalue weighted by Gasteiger charge is 2.40. The number of hydrogen-bond donors (Lipinski definition) is 3. The first-order chi connectivity index (χ1) is 13.6. The van der Waals surface area contributed by atoms with E-state index in [1.807, 2.05) is 0 Å². The molecule has 0 amide bonds. The van der Waals surface area contributed by atoms with Crippen molar-refractivity contribution in [1.82, 2.24) is 9.55 Å². The van der Waals surface area contributed by atoms with Gasteiger partial charge in [0.1, 0.15) is 18.4 Å². The summed E-state index contributed by atoms with van der Waals surface area (Å²) in [5.74, 6) is -0.661. The number of phosphoric ester groups is 1. The minimum Gasteiger partial charge on any atom is -0.456 e. The van der Waals surface area contributed by atoms with Gasteiger partial charge in [-0.3, -0.25) is 18.9 Å². The van der Waals surface area contributed by atoms with Gasteiger partial charge in [-0.2, -0.15) is 0 Å². The fourth-order valence-corrected chi connectivity index (χ4v) is 3.24. The minimum atomic E-state index is -4.79. The van der Waals surface area contributed by atoms with Crippen molar-refractivity contribution in [3.8, 4) is 0 Å². The molecule has 3 rings (SSSR count). The molecule has 0 aliphatic carbocycles. The molecule has 3 atom stereocenters. The zero-order chi connectivity index (χ0) is 21.2. The number of nitrogens with one attached hydrogen (secondary N) is 1. The van der Waals surface area contributed by atoms with Crippen LogP contribution in [0.5, 0.6) is 0 Å². The third-order valence-electron chi connectivity index (χ3n) is 4.31. The van der Waals surface area contributed by atoms with E-state index in [1.165, 1.54) is 13.1 Å². The van der Waals surface area contributed by atoms with Gasteiger partial charge in [0, 0.05) is 18.2 Å². The molecular weight excluding hydrogens is 407 g/mol. The zero-order valence-electron chi connectivity index (χ0n) is 15.3. The van der Waals surface area contributed by atoms with Crippen LogP contribution in [0.1, 0.15) is 28.6 Å². The zero-order valence-corrected chi connectivity index (χ0v) is 16.2. The Balaban J connectivity index is 1.83. The van der Waals surface area contributed by atoms with Crippen LogP contribution in [0.25, 0.3) is 0 Å². The molecule has 11 nitrogen and oxygen atoms in total. The van der Waals surface area contributed by atoms with Gasteiger partial charge < -0.3 is 19.3 Å². The Hall–Kier alpha value is -2.56. The molecule has 29 heavy (non-hydrogen) atoms. The summed E-state index contributed by atoms with van der Waals surface area (Å²) >= 11 is 0. The molecule has 1 aromatic heterocycles. The van der Waals surface area contributed by atoms with Crippen LogP contribution in [0.15, 0.2) is 46.1 Å². The summed E-state index contributed by atoms with van der Waals surface area (Å²) in [5, 5.41) is 0. The average molecular weight is 426 g/mol. The van der Waals surface area contributed by atoms with E-state index in [4.69, 9.17) is 19.3 Å². The van der Waals surface area contributed by atoms with Crippen LogP contribution >= 0.6 is 7.82 Å². The number of aromatic amines is 1. The minimum absolute atomic E-state index is 0.0130. The molecule has 2 aromatic rings. The molecule has 0 unspecified atom stereocenters. The fourth-order valence-electron chi connectivity index (χ4n) is 2.90. The van der Waals surface area contributed by atoms with Gasteiger partial charge in [-0.25, -0.2) is 14.2 Å². The first-order valence-corrected chi connectivity index (χ1v) is 10.1. The van der Waals surface area contributed by atoms with E-state index in [9.17, 15) is 18.9 Å². The van der Waals surface area contributed by atoms with E-state index in [1.54, 1.807) is 30.3 Å². The van der Waals surface area contributed by atoms with Crippen molar-refractivity contribution in [3.05, 3.63) is 68.5 Å². The van der Waals surface area contributed by atoms with Crippen molar-refractivity contribution in [2.45, 2.75) is 31.8 Å². The molecule has 3 N–H and O–H groups in total. The molecule has 0 saturated carbocycles. The van der Waals surface area contributed by atoms with Crippen LogP contribution in [-0.2, 0) is 18.6 Å². The number of esters is 1. The highest BCUT2D eigenvalue weighted by molar-refractivity contribution is 7.46. The quantitative estimate of drug-likeness (QED) is 0.441. The van der Waals surface area contributed by atoms with E-state index in [0.717, 1.165) is 4.57 Å². The van der Waals surface area contributed by atoms with Crippen molar-refractivity contribution in [3.63, 3.8) is 0 Å². The second-order valence-corrected chi connectivity index (χ2v) is 7.68. The topological polar surface area (TPSA) is 157 Å². The summed E-state index contributed by atoms with van der Waals surface area (Å²) in [6.45, 7) is 0.940.